The molecule has 1 aliphatic rings. The first kappa shape index (κ1) is 12.0. The van der Waals surface area contributed by atoms with E-state index in [9.17, 15) is 4.79 Å². The van der Waals surface area contributed by atoms with E-state index in [1.807, 2.05) is 11.9 Å². The molecule has 2 heterocycles. The summed E-state index contributed by atoms with van der Waals surface area (Å²) in [6.45, 7) is 2.60. The van der Waals surface area contributed by atoms with Crippen LogP contribution in [-0.4, -0.2) is 55.2 Å². The highest BCUT2D eigenvalue weighted by atomic mass is 16.5. The molecule has 5 nitrogen and oxygen atoms in total. The molecular weight excluding hydrogens is 218 g/mol. The summed E-state index contributed by atoms with van der Waals surface area (Å²) in [6.07, 6.45) is 3.28. The second-order valence-corrected chi connectivity index (χ2v) is 4.02. The number of likely N-dealkylation sites (N-methyl/N-ethyl adjacent to an activating group) is 1. The van der Waals surface area contributed by atoms with Crippen LogP contribution in [0.1, 0.15) is 10.4 Å². The van der Waals surface area contributed by atoms with Crippen molar-refractivity contribution in [3.63, 3.8) is 0 Å². The molecule has 1 amide bonds. The van der Waals surface area contributed by atoms with E-state index in [4.69, 9.17) is 4.74 Å². The van der Waals surface area contributed by atoms with Crippen LogP contribution in [0.5, 0.6) is 0 Å². The third-order valence-electron chi connectivity index (χ3n) is 2.86. The smallest absolute Gasteiger partial charge is 0.254 e. The highest BCUT2D eigenvalue weighted by molar-refractivity contribution is 5.94. The van der Waals surface area contributed by atoms with Crippen molar-refractivity contribution >= 4 is 5.91 Å². The number of ether oxygens (including phenoxy) is 1. The van der Waals surface area contributed by atoms with Gasteiger partial charge in [-0.15, -0.1) is 0 Å². The predicted octanol–water partition coefficient (Wildman–Crippen LogP) is 0.142. The molecule has 1 N–H and O–H groups in total. The minimum Gasteiger partial charge on any atom is -0.377 e. The fourth-order valence-corrected chi connectivity index (χ4v) is 1.99. The average Bonchev–Trinajstić information content (AvgIpc) is 2.40. The van der Waals surface area contributed by atoms with Crippen LogP contribution in [0, 0.1) is 0 Å². The van der Waals surface area contributed by atoms with Crippen molar-refractivity contribution in [3.8, 4) is 0 Å². The SMILES string of the molecule is CNCC1COCCN1C(=O)c1ccncc1. The Morgan fingerprint density at radius 2 is 2.35 bits per heavy atom. The van der Waals surface area contributed by atoms with Crippen LogP contribution in [-0.2, 0) is 4.74 Å². The summed E-state index contributed by atoms with van der Waals surface area (Å²) in [5.41, 5.74) is 0.683. The zero-order chi connectivity index (χ0) is 12.1. The normalized spacial score (nSPS) is 20.3. The van der Waals surface area contributed by atoms with Crippen LogP contribution >= 0.6 is 0 Å². The van der Waals surface area contributed by atoms with Crippen LogP contribution in [0.15, 0.2) is 24.5 Å². The Balaban J connectivity index is 2.11. The first-order chi connectivity index (χ1) is 8.33. The van der Waals surface area contributed by atoms with Gasteiger partial charge in [0.05, 0.1) is 19.3 Å². The molecule has 1 saturated heterocycles. The summed E-state index contributed by atoms with van der Waals surface area (Å²) >= 11 is 0. The molecule has 1 aromatic rings. The van der Waals surface area contributed by atoms with Gasteiger partial charge in [-0.25, -0.2) is 0 Å². The van der Waals surface area contributed by atoms with Gasteiger partial charge in [-0.1, -0.05) is 0 Å². The topological polar surface area (TPSA) is 54.5 Å². The largest absolute Gasteiger partial charge is 0.377 e. The molecule has 5 heteroatoms. The van der Waals surface area contributed by atoms with Crippen LogP contribution < -0.4 is 5.32 Å². The summed E-state index contributed by atoms with van der Waals surface area (Å²) in [6, 6.07) is 3.59. The van der Waals surface area contributed by atoms with Gasteiger partial charge < -0.3 is 15.0 Å². The summed E-state index contributed by atoms with van der Waals surface area (Å²) in [4.78, 5) is 18.1. The van der Waals surface area contributed by atoms with Gasteiger partial charge in [0, 0.05) is 31.0 Å². The lowest BCUT2D eigenvalue weighted by atomic mass is 10.1. The molecule has 1 aromatic heterocycles. The number of hydrogen-bond acceptors (Lipinski definition) is 4. The van der Waals surface area contributed by atoms with E-state index in [1.54, 1.807) is 24.5 Å². The summed E-state index contributed by atoms with van der Waals surface area (Å²) < 4.78 is 5.40. The monoisotopic (exact) mass is 235 g/mol. The maximum atomic E-state index is 12.3. The van der Waals surface area contributed by atoms with Crippen molar-refractivity contribution in [2.24, 2.45) is 0 Å². The zero-order valence-electron chi connectivity index (χ0n) is 9.93. The second-order valence-electron chi connectivity index (χ2n) is 4.02. The number of pyridine rings is 1. The van der Waals surface area contributed by atoms with Crippen molar-refractivity contribution in [3.05, 3.63) is 30.1 Å². The minimum absolute atomic E-state index is 0.0518. The molecule has 0 bridgehead atoms. The molecule has 2 rings (SSSR count). The fraction of sp³-hybridized carbons (Fsp3) is 0.500. The molecule has 0 saturated carbocycles. The quantitative estimate of drug-likeness (QED) is 0.810. The fourth-order valence-electron chi connectivity index (χ4n) is 1.99. The molecule has 1 atom stereocenters. The molecule has 0 aliphatic carbocycles. The van der Waals surface area contributed by atoms with E-state index in [0.29, 0.717) is 25.3 Å². The highest BCUT2D eigenvalue weighted by Crippen LogP contribution is 2.11. The summed E-state index contributed by atoms with van der Waals surface area (Å²) in [5.74, 6) is 0.0518. The van der Waals surface area contributed by atoms with Gasteiger partial charge in [0.2, 0.25) is 0 Å². The lowest BCUT2D eigenvalue weighted by Crippen LogP contribution is -2.52. The number of amides is 1. The number of rotatable bonds is 3. The number of carbonyl (C=O) groups is 1. The van der Waals surface area contributed by atoms with E-state index < -0.39 is 0 Å². The molecule has 1 aliphatic heterocycles. The number of nitrogens with zero attached hydrogens (tertiary/aromatic N) is 2. The Kier molecular flexibility index (Phi) is 4.06. The molecule has 0 spiro atoms. The third kappa shape index (κ3) is 2.81. The van der Waals surface area contributed by atoms with Crippen LogP contribution in [0.4, 0.5) is 0 Å². The molecule has 92 valence electrons. The summed E-state index contributed by atoms with van der Waals surface area (Å²) in [7, 11) is 1.88. The molecule has 0 aromatic carbocycles. The lowest BCUT2D eigenvalue weighted by molar-refractivity contribution is -0.000980. The van der Waals surface area contributed by atoms with E-state index in [1.165, 1.54) is 0 Å². The Bertz CT molecular complexity index is 367. The second kappa shape index (κ2) is 5.75. The Morgan fingerprint density at radius 1 is 1.59 bits per heavy atom. The Labute approximate surface area is 101 Å². The van der Waals surface area contributed by atoms with E-state index >= 15 is 0 Å². The van der Waals surface area contributed by atoms with Gasteiger partial charge in [-0.05, 0) is 19.2 Å². The van der Waals surface area contributed by atoms with Crippen LogP contribution in [0.25, 0.3) is 0 Å². The first-order valence-electron chi connectivity index (χ1n) is 5.76. The molecule has 1 unspecified atom stereocenters. The van der Waals surface area contributed by atoms with Crippen LogP contribution in [0.3, 0.4) is 0 Å². The van der Waals surface area contributed by atoms with E-state index in [-0.39, 0.29) is 11.9 Å². The van der Waals surface area contributed by atoms with Gasteiger partial charge >= 0.3 is 0 Å². The third-order valence-corrected chi connectivity index (χ3v) is 2.86. The number of carbonyl (C=O) groups excluding carboxylic acids is 1. The standard InChI is InChI=1S/C12H17N3O2/c1-13-8-11-9-17-7-6-15(11)12(16)10-2-4-14-5-3-10/h2-5,11,13H,6-9H2,1H3. The van der Waals surface area contributed by atoms with Crippen molar-refractivity contribution < 1.29 is 9.53 Å². The van der Waals surface area contributed by atoms with Gasteiger partial charge in [-0.2, -0.15) is 0 Å². The number of morpholine rings is 1. The number of nitrogens with one attached hydrogen (secondary N) is 1. The first-order valence-corrected chi connectivity index (χ1v) is 5.76. The van der Waals surface area contributed by atoms with Crippen LogP contribution in [0.2, 0.25) is 0 Å². The van der Waals surface area contributed by atoms with Gasteiger partial charge in [0.15, 0.2) is 0 Å². The zero-order valence-corrected chi connectivity index (χ0v) is 9.93. The van der Waals surface area contributed by atoms with Crippen molar-refractivity contribution in [1.29, 1.82) is 0 Å². The van der Waals surface area contributed by atoms with Gasteiger partial charge in [0.25, 0.3) is 5.91 Å². The Morgan fingerprint density at radius 3 is 3.06 bits per heavy atom. The van der Waals surface area contributed by atoms with Gasteiger partial charge in [-0.3, -0.25) is 9.78 Å². The highest BCUT2D eigenvalue weighted by Gasteiger charge is 2.27. The van der Waals surface area contributed by atoms with Crippen molar-refractivity contribution in [2.45, 2.75) is 6.04 Å². The van der Waals surface area contributed by atoms with Crippen molar-refractivity contribution in [1.82, 2.24) is 15.2 Å². The number of aromatic nitrogens is 1. The van der Waals surface area contributed by atoms with E-state index in [0.717, 1.165) is 6.54 Å². The molecule has 1 fully saturated rings. The molecular formula is C12H17N3O2. The maximum Gasteiger partial charge on any atom is 0.254 e. The maximum absolute atomic E-state index is 12.3. The van der Waals surface area contributed by atoms with Crippen molar-refractivity contribution in [2.75, 3.05) is 33.4 Å². The molecule has 17 heavy (non-hydrogen) atoms. The Hall–Kier alpha value is -1.46. The van der Waals surface area contributed by atoms with Gasteiger partial charge in [0.1, 0.15) is 0 Å². The minimum atomic E-state index is 0.0518. The lowest BCUT2D eigenvalue weighted by Gasteiger charge is -2.35. The number of hydrogen-bond donors (Lipinski definition) is 1. The average molecular weight is 235 g/mol. The predicted molar refractivity (Wildman–Crippen MR) is 63.8 cm³/mol. The van der Waals surface area contributed by atoms with E-state index in [2.05, 4.69) is 10.3 Å². The summed E-state index contributed by atoms with van der Waals surface area (Å²) in [5, 5.41) is 3.09. The molecule has 0 radical (unpaired) electrons.